The molecule has 0 saturated heterocycles. The van der Waals surface area contributed by atoms with Gasteiger partial charge >= 0.3 is 6.03 Å². The Balaban J connectivity index is 1.55. The van der Waals surface area contributed by atoms with Crippen LogP contribution in [0.15, 0.2) is 18.3 Å². The van der Waals surface area contributed by atoms with Gasteiger partial charge in [0, 0.05) is 5.56 Å². The molecule has 1 aliphatic heterocycles. The smallest absolute Gasteiger partial charge is 0.322 e. The quantitative estimate of drug-likeness (QED) is 0.754. The largest absolute Gasteiger partial charge is 0.394 e. The first kappa shape index (κ1) is 15.0. The molecule has 4 rings (SSSR count). The van der Waals surface area contributed by atoms with E-state index in [9.17, 15) is 4.79 Å². The van der Waals surface area contributed by atoms with Crippen LogP contribution in [-0.4, -0.2) is 41.2 Å². The Bertz CT molecular complexity index is 918. The third-order valence-corrected chi connectivity index (χ3v) is 4.75. The summed E-state index contributed by atoms with van der Waals surface area (Å²) in [6.45, 7) is 3.39. The number of aromatic nitrogens is 4. The van der Waals surface area contributed by atoms with Crippen molar-refractivity contribution in [3.63, 3.8) is 0 Å². The van der Waals surface area contributed by atoms with E-state index in [2.05, 4.69) is 19.2 Å². The van der Waals surface area contributed by atoms with Gasteiger partial charge in [-0.15, -0.1) is 0 Å². The summed E-state index contributed by atoms with van der Waals surface area (Å²) >= 11 is 1.13. The maximum Gasteiger partial charge on any atom is 0.322 e. The Morgan fingerprint density at radius 1 is 1.38 bits per heavy atom. The van der Waals surface area contributed by atoms with E-state index in [-0.39, 0.29) is 12.6 Å². The van der Waals surface area contributed by atoms with Gasteiger partial charge in [0.15, 0.2) is 0 Å². The minimum atomic E-state index is -0.176. The Hall–Kier alpha value is -2.52. The van der Waals surface area contributed by atoms with Gasteiger partial charge < -0.3 is 15.3 Å². The predicted molar refractivity (Wildman–Crippen MR) is 89.7 cm³/mol. The highest BCUT2D eigenvalue weighted by Gasteiger charge is 2.27. The number of carbonyl (C=O) groups is 1. The molecule has 0 unspecified atom stereocenters. The zero-order valence-electron chi connectivity index (χ0n) is 13.1. The van der Waals surface area contributed by atoms with E-state index in [1.807, 2.05) is 19.1 Å². The molecule has 2 N–H and O–H groups in total. The van der Waals surface area contributed by atoms with E-state index in [1.54, 1.807) is 15.8 Å². The standard InChI is InChI=1S/C15H16N6O2S/c1-9-2-3-11-14(19-24-18-11)13(9)17-15(23)20-7-10-6-16-21(4-5-22)12(10)8-20/h2-3,6,22H,4-5,7-8H2,1H3,(H,17,23). The molecule has 1 aliphatic rings. The summed E-state index contributed by atoms with van der Waals surface area (Å²) in [7, 11) is 0. The molecule has 1 aromatic carbocycles. The third kappa shape index (κ3) is 2.42. The van der Waals surface area contributed by atoms with Gasteiger partial charge in [0.05, 0.1) is 55.5 Å². The van der Waals surface area contributed by atoms with Crippen molar-refractivity contribution >= 4 is 34.5 Å². The first-order valence-corrected chi connectivity index (χ1v) is 8.32. The highest BCUT2D eigenvalue weighted by Crippen LogP contribution is 2.28. The SMILES string of the molecule is Cc1ccc2nsnc2c1NC(=O)N1Cc2cnn(CCO)c2C1. The molecular formula is C15H16N6O2S. The number of amides is 2. The fourth-order valence-electron chi connectivity index (χ4n) is 2.93. The third-order valence-electron chi connectivity index (χ3n) is 4.20. The molecule has 0 fully saturated rings. The van der Waals surface area contributed by atoms with Gasteiger partial charge in [-0.25, -0.2) is 4.79 Å². The van der Waals surface area contributed by atoms with Crippen LogP contribution in [0.5, 0.6) is 0 Å². The minimum Gasteiger partial charge on any atom is -0.394 e. The zero-order valence-corrected chi connectivity index (χ0v) is 13.9. The van der Waals surface area contributed by atoms with Crippen molar-refractivity contribution in [3.05, 3.63) is 35.2 Å². The van der Waals surface area contributed by atoms with Gasteiger partial charge in [0.25, 0.3) is 0 Å². The van der Waals surface area contributed by atoms with E-state index in [1.165, 1.54) is 0 Å². The van der Waals surface area contributed by atoms with E-state index in [4.69, 9.17) is 5.11 Å². The maximum atomic E-state index is 12.7. The highest BCUT2D eigenvalue weighted by atomic mass is 32.1. The summed E-state index contributed by atoms with van der Waals surface area (Å²) in [6, 6.07) is 3.65. The molecule has 24 heavy (non-hydrogen) atoms. The molecule has 9 heteroatoms. The van der Waals surface area contributed by atoms with Crippen LogP contribution < -0.4 is 5.32 Å². The van der Waals surface area contributed by atoms with Gasteiger partial charge in [0.1, 0.15) is 11.0 Å². The van der Waals surface area contributed by atoms with Gasteiger partial charge in [-0.3, -0.25) is 4.68 Å². The molecule has 3 aromatic rings. The minimum absolute atomic E-state index is 0.0261. The number of aliphatic hydroxyl groups excluding tert-OH is 1. The lowest BCUT2D eigenvalue weighted by Gasteiger charge is -2.18. The summed E-state index contributed by atoms with van der Waals surface area (Å²) < 4.78 is 10.2. The monoisotopic (exact) mass is 344 g/mol. The molecule has 0 spiro atoms. The average molecular weight is 344 g/mol. The van der Waals surface area contributed by atoms with Gasteiger partial charge in [-0.1, -0.05) is 6.07 Å². The Kier molecular flexibility index (Phi) is 3.66. The Morgan fingerprint density at radius 2 is 2.25 bits per heavy atom. The van der Waals surface area contributed by atoms with Crippen LogP contribution in [-0.2, 0) is 19.6 Å². The fraction of sp³-hybridized carbons (Fsp3) is 0.333. The second-order valence-electron chi connectivity index (χ2n) is 5.74. The number of rotatable bonds is 3. The van der Waals surface area contributed by atoms with E-state index < -0.39 is 0 Å². The van der Waals surface area contributed by atoms with Crippen LogP contribution in [0.2, 0.25) is 0 Å². The van der Waals surface area contributed by atoms with Crippen molar-refractivity contribution in [1.29, 1.82) is 0 Å². The normalized spacial score (nSPS) is 13.5. The van der Waals surface area contributed by atoms with Crippen LogP contribution in [0.1, 0.15) is 16.8 Å². The number of benzene rings is 1. The topological polar surface area (TPSA) is 96.2 Å². The number of carbonyl (C=O) groups excluding carboxylic acids is 1. The molecule has 0 saturated carbocycles. The number of fused-ring (bicyclic) bond motifs is 2. The molecular weight excluding hydrogens is 328 g/mol. The second kappa shape index (κ2) is 5.84. The summed E-state index contributed by atoms with van der Waals surface area (Å²) in [4.78, 5) is 14.4. The van der Waals surface area contributed by atoms with Crippen molar-refractivity contribution in [2.45, 2.75) is 26.6 Å². The highest BCUT2D eigenvalue weighted by molar-refractivity contribution is 7.00. The molecule has 8 nitrogen and oxygen atoms in total. The van der Waals surface area contributed by atoms with Gasteiger partial charge in [0.2, 0.25) is 0 Å². The number of hydrogen-bond donors (Lipinski definition) is 2. The van der Waals surface area contributed by atoms with Crippen LogP contribution in [0, 0.1) is 6.92 Å². The number of nitrogens with zero attached hydrogens (tertiary/aromatic N) is 5. The number of nitrogens with one attached hydrogen (secondary N) is 1. The number of anilines is 1. The molecule has 124 valence electrons. The molecule has 2 amide bonds. The van der Waals surface area contributed by atoms with E-state index >= 15 is 0 Å². The lowest BCUT2D eigenvalue weighted by Crippen LogP contribution is -2.31. The Labute approximate surface area is 142 Å². The van der Waals surface area contributed by atoms with Crippen molar-refractivity contribution in [3.8, 4) is 0 Å². The van der Waals surface area contributed by atoms with Gasteiger partial charge in [-0.05, 0) is 18.6 Å². The molecule has 0 bridgehead atoms. The summed E-state index contributed by atoms with van der Waals surface area (Å²) in [6.07, 6.45) is 1.76. The van der Waals surface area contributed by atoms with Crippen LogP contribution in [0.4, 0.5) is 10.5 Å². The van der Waals surface area contributed by atoms with Crippen molar-refractivity contribution < 1.29 is 9.90 Å². The lowest BCUT2D eigenvalue weighted by molar-refractivity contribution is 0.210. The van der Waals surface area contributed by atoms with Crippen molar-refractivity contribution in [2.24, 2.45) is 0 Å². The molecule has 2 aromatic heterocycles. The number of aryl methyl sites for hydroxylation is 1. The number of hydrogen-bond acceptors (Lipinski definition) is 6. The number of urea groups is 1. The molecule has 0 aliphatic carbocycles. The Morgan fingerprint density at radius 3 is 3.08 bits per heavy atom. The first-order valence-electron chi connectivity index (χ1n) is 7.59. The average Bonchev–Trinajstić information content (AvgIpc) is 3.26. The van der Waals surface area contributed by atoms with Crippen LogP contribution in [0.25, 0.3) is 11.0 Å². The molecule has 0 atom stereocenters. The first-order chi connectivity index (χ1) is 11.7. The lowest BCUT2D eigenvalue weighted by atomic mass is 10.1. The summed E-state index contributed by atoms with van der Waals surface area (Å²) in [5, 5.41) is 16.3. The number of aliphatic hydroxyl groups is 1. The van der Waals surface area contributed by atoms with Crippen molar-refractivity contribution in [2.75, 3.05) is 11.9 Å². The van der Waals surface area contributed by atoms with E-state index in [0.29, 0.717) is 25.3 Å². The predicted octanol–water partition coefficient (Wildman–Crippen LogP) is 1.74. The fourth-order valence-corrected chi connectivity index (χ4v) is 3.48. The van der Waals surface area contributed by atoms with Gasteiger partial charge in [-0.2, -0.15) is 13.8 Å². The van der Waals surface area contributed by atoms with Crippen LogP contribution in [0.3, 0.4) is 0 Å². The molecule has 0 radical (unpaired) electrons. The zero-order chi connectivity index (χ0) is 16.7. The second-order valence-corrected chi connectivity index (χ2v) is 6.27. The summed E-state index contributed by atoms with van der Waals surface area (Å²) in [5.74, 6) is 0. The van der Waals surface area contributed by atoms with E-state index in [0.717, 1.165) is 39.6 Å². The van der Waals surface area contributed by atoms with Crippen molar-refractivity contribution in [1.82, 2.24) is 23.4 Å². The molecule has 3 heterocycles. The maximum absolute atomic E-state index is 12.7. The summed E-state index contributed by atoms with van der Waals surface area (Å²) in [5.41, 5.74) is 5.15. The van der Waals surface area contributed by atoms with Crippen LogP contribution >= 0.6 is 11.7 Å².